The van der Waals surface area contributed by atoms with Crippen LogP contribution in [0.1, 0.15) is 73.3 Å². The molecule has 0 bridgehead atoms. The molecule has 136 valence electrons. The molecule has 25 heavy (non-hydrogen) atoms. The van der Waals surface area contributed by atoms with Crippen molar-refractivity contribution < 1.29 is 9.90 Å². The van der Waals surface area contributed by atoms with Gasteiger partial charge in [-0.2, -0.15) is 0 Å². The van der Waals surface area contributed by atoms with Crippen LogP contribution in [-0.4, -0.2) is 22.1 Å². The third kappa shape index (κ3) is 3.25. The van der Waals surface area contributed by atoms with Crippen LogP contribution in [0.3, 0.4) is 0 Å². The molecule has 0 aliphatic heterocycles. The first-order chi connectivity index (χ1) is 11.7. The average molecular weight is 362 g/mol. The van der Waals surface area contributed by atoms with Gasteiger partial charge >= 0.3 is 0 Å². The lowest BCUT2D eigenvalue weighted by atomic mass is 9.69. The highest BCUT2D eigenvalue weighted by atomic mass is 32.1. The quantitative estimate of drug-likeness (QED) is 0.774. The summed E-state index contributed by atoms with van der Waals surface area (Å²) in [6.07, 6.45) is 4.25. The second-order valence-electron chi connectivity index (χ2n) is 7.83. The van der Waals surface area contributed by atoms with E-state index in [1.165, 1.54) is 11.3 Å². The van der Waals surface area contributed by atoms with Crippen LogP contribution in [-0.2, 0) is 6.42 Å². The number of nitrogens with two attached hydrogens (primary N) is 2. The first-order valence-corrected chi connectivity index (χ1v) is 9.76. The standard InChI is InChI=1S/C19H27N3O2S/c1-4-5-10-8-12(11-6-7-13(23)19(2,3)9-11)22-18-14(10)15(20)16(25-18)17(21)24/h8,11,13,23H,4-7,9,20H2,1-3H3,(H2,21,24). The molecule has 0 spiro atoms. The van der Waals surface area contributed by atoms with E-state index in [1.807, 2.05) is 0 Å². The second kappa shape index (κ2) is 6.57. The Morgan fingerprint density at radius 1 is 1.44 bits per heavy atom. The highest BCUT2D eigenvalue weighted by molar-refractivity contribution is 7.21. The van der Waals surface area contributed by atoms with Crippen LogP contribution < -0.4 is 11.5 Å². The van der Waals surface area contributed by atoms with Gasteiger partial charge in [-0.15, -0.1) is 11.3 Å². The number of thiophene rings is 1. The van der Waals surface area contributed by atoms with Gasteiger partial charge in [0.15, 0.2) is 0 Å². The Morgan fingerprint density at radius 3 is 2.76 bits per heavy atom. The van der Waals surface area contributed by atoms with Crippen molar-refractivity contribution in [3.63, 3.8) is 0 Å². The van der Waals surface area contributed by atoms with E-state index in [0.29, 0.717) is 16.5 Å². The molecule has 6 heteroatoms. The Hall–Kier alpha value is -1.66. The fourth-order valence-electron chi connectivity index (χ4n) is 3.95. The molecule has 1 amide bonds. The lowest BCUT2D eigenvalue weighted by Gasteiger charge is -2.39. The Bertz CT molecular complexity index is 813. The molecule has 1 saturated carbocycles. The van der Waals surface area contributed by atoms with Crippen molar-refractivity contribution in [3.05, 3.63) is 22.2 Å². The molecule has 1 aliphatic rings. The zero-order chi connectivity index (χ0) is 18.4. The minimum absolute atomic E-state index is 0.114. The fourth-order valence-corrected chi connectivity index (χ4v) is 4.95. The summed E-state index contributed by atoms with van der Waals surface area (Å²) < 4.78 is 0. The lowest BCUT2D eigenvalue weighted by Crippen LogP contribution is -2.35. The SMILES string of the molecule is CCCc1cc(C2CCC(O)C(C)(C)C2)nc2sc(C(N)=O)c(N)c12. The monoisotopic (exact) mass is 361 g/mol. The van der Waals surface area contributed by atoms with Gasteiger partial charge in [0.25, 0.3) is 5.91 Å². The smallest absolute Gasteiger partial charge is 0.260 e. The van der Waals surface area contributed by atoms with Crippen LogP contribution >= 0.6 is 11.3 Å². The maximum Gasteiger partial charge on any atom is 0.260 e. The number of fused-ring (bicyclic) bond motifs is 1. The van der Waals surface area contributed by atoms with Crippen LogP contribution in [0.4, 0.5) is 5.69 Å². The number of nitrogens with zero attached hydrogens (tertiary/aromatic N) is 1. The number of anilines is 1. The van der Waals surface area contributed by atoms with Crippen molar-refractivity contribution >= 4 is 33.1 Å². The highest BCUT2D eigenvalue weighted by Gasteiger charge is 2.37. The molecule has 2 atom stereocenters. The van der Waals surface area contributed by atoms with Gasteiger partial charge in [-0.3, -0.25) is 4.79 Å². The largest absolute Gasteiger partial charge is 0.397 e. The van der Waals surface area contributed by atoms with E-state index in [-0.39, 0.29) is 11.5 Å². The van der Waals surface area contributed by atoms with Gasteiger partial charge in [0.2, 0.25) is 0 Å². The number of carbonyl (C=O) groups is 1. The number of aliphatic hydroxyl groups excluding tert-OH is 1. The Labute approximate surface area is 152 Å². The summed E-state index contributed by atoms with van der Waals surface area (Å²) in [7, 11) is 0. The molecule has 5 N–H and O–H groups in total. The van der Waals surface area contributed by atoms with Crippen molar-refractivity contribution in [2.45, 2.75) is 64.9 Å². The minimum Gasteiger partial charge on any atom is -0.397 e. The molecule has 5 nitrogen and oxygen atoms in total. The molecule has 0 saturated heterocycles. The number of nitrogen functional groups attached to an aromatic ring is 1. The topological polar surface area (TPSA) is 102 Å². The van der Waals surface area contributed by atoms with Crippen molar-refractivity contribution in [1.29, 1.82) is 0 Å². The first-order valence-electron chi connectivity index (χ1n) is 8.94. The van der Waals surface area contributed by atoms with Crippen LogP contribution in [0.15, 0.2) is 6.07 Å². The number of rotatable bonds is 4. The maximum atomic E-state index is 11.7. The summed E-state index contributed by atoms with van der Waals surface area (Å²) in [6, 6.07) is 2.15. The summed E-state index contributed by atoms with van der Waals surface area (Å²) in [6.45, 7) is 6.36. The third-order valence-electron chi connectivity index (χ3n) is 5.42. The summed E-state index contributed by atoms with van der Waals surface area (Å²) >= 11 is 1.29. The Balaban J connectivity index is 2.09. The molecule has 0 radical (unpaired) electrons. The van der Waals surface area contributed by atoms with Crippen molar-refractivity contribution in [1.82, 2.24) is 4.98 Å². The number of primary amides is 1. The second-order valence-corrected chi connectivity index (χ2v) is 8.83. The predicted octanol–water partition coefficient (Wildman–Crippen LogP) is 3.58. The Kier molecular flexibility index (Phi) is 4.77. The van der Waals surface area contributed by atoms with E-state index < -0.39 is 5.91 Å². The van der Waals surface area contributed by atoms with Crippen LogP contribution in [0.5, 0.6) is 0 Å². The van der Waals surface area contributed by atoms with E-state index in [1.54, 1.807) is 0 Å². The molecule has 2 aromatic rings. The number of carbonyl (C=O) groups excluding carboxylic acids is 1. The van der Waals surface area contributed by atoms with Crippen molar-refractivity contribution in [3.8, 4) is 0 Å². The number of pyridine rings is 1. The summed E-state index contributed by atoms with van der Waals surface area (Å²) in [4.78, 5) is 17.7. The summed E-state index contributed by atoms with van der Waals surface area (Å²) in [5.74, 6) is -0.176. The van der Waals surface area contributed by atoms with Gasteiger partial charge in [0.1, 0.15) is 9.71 Å². The molecule has 1 fully saturated rings. The maximum absolute atomic E-state index is 11.7. The average Bonchev–Trinajstić information content (AvgIpc) is 2.87. The predicted molar refractivity (Wildman–Crippen MR) is 103 cm³/mol. The molecule has 0 aromatic carbocycles. The zero-order valence-electron chi connectivity index (χ0n) is 15.1. The van der Waals surface area contributed by atoms with E-state index in [0.717, 1.165) is 53.6 Å². The molecule has 2 unspecified atom stereocenters. The van der Waals surface area contributed by atoms with E-state index in [4.69, 9.17) is 16.5 Å². The molecule has 1 aliphatic carbocycles. The minimum atomic E-state index is -0.494. The normalized spacial score (nSPS) is 23.0. The summed E-state index contributed by atoms with van der Waals surface area (Å²) in [5, 5.41) is 11.1. The fraction of sp³-hybridized carbons (Fsp3) is 0.579. The van der Waals surface area contributed by atoms with Crippen LogP contribution in [0.25, 0.3) is 10.2 Å². The number of aryl methyl sites for hydroxylation is 1. The highest BCUT2D eigenvalue weighted by Crippen LogP contribution is 2.45. The van der Waals surface area contributed by atoms with E-state index in [2.05, 4.69) is 26.8 Å². The summed E-state index contributed by atoms with van der Waals surface area (Å²) in [5.41, 5.74) is 14.2. The van der Waals surface area contributed by atoms with Gasteiger partial charge in [-0.25, -0.2) is 4.98 Å². The van der Waals surface area contributed by atoms with Crippen molar-refractivity contribution in [2.75, 3.05) is 5.73 Å². The number of hydrogen-bond donors (Lipinski definition) is 3. The van der Waals surface area contributed by atoms with Gasteiger partial charge in [-0.1, -0.05) is 27.2 Å². The van der Waals surface area contributed by atoms with Crippen LogP contribution in [0.2, 0.25) is 0 Å². The zero-order valence-corrected chi connectivity index (χ0v) is 15.9. The molecular weight excluding hydrogens is 334 g/mol. The number of hydrogen-bond acceptors (Lipinski definition) is 5. The van der Waals surface area contributed by atoms with Gasteiger partial charge < -0.3 is 16.6 Å². The van der Waals surface area contributed by atoms with E-state index in [9.17, 15) is 9.90 Å². The van der Waals surface area contributed by atoms with Crippen molar-refractivity contribution in [2.24, 2.45) is 11.1 Å². The van der Waals surface area contributed by atoms with Gasteiger partial charge in [0.05, 0.1) is 11.8 Å². The van der Waals surface area contributed by atoms with Gasteiger partial charge in [-0.05, 0) is 42.7 Å². The number of aromatic nitrogens is 1. The molecule has 2 aromatic heterocycles. The van der Waals surface area contributed by atoms with E-state index >= 15 is 0 Å². The lowest BCUT2D eigenvalue weighted by molar-refractivity contribution is 0.00515. The van der Waals surface area contributed by atoms with Crippen LogP contribution in [0, 0.1) is 5.41 Å². The molecule has 2 heterocycles. The van der Waals surface area contributed by atoms with Gasteiger partial charge in [0, 0.05) is 17.0 Å². The number of amides is 1. The first kappa shape index (κ1) is 18.1. The number of aliphatic hydroxyl groups is 1. The molecular formula is C19H27N3O2S. The molecule has 3 rings (SSSR count). The Morgan fingerprint density at radius 2 is 2.16 bits per heavy atom. The third-order valence-corrected chi connectivity index (χ3v) is 6.54.